The molecule has 0 bridgehead atoms. The highest BCUT2D eigenvalue weighted by Gasteiger charge is 2.31. The first-order chi connectivity index (χ1) is 10.5. The minimum Gasteiger partial charge on any atom is -0.380 e. The summed E-state index contributed by atoms with van der Waals surface area (Å²) in [6.45, 7) is 7.74. The lowest BCUT2D eigenvalue weighted by Gasteiger charge is -2.35. The van der Waals surface area contributed by atoms with Crippen LogP contribution in [0.15, 0.2) is 11.8 Å². The molecule has 0 aromatic heterocycles. The van der Waals surface area contributed by atoms with E-state index < -0.39 is 0 Å². The van der Waals surface area contributed by atoms with Crippen LogP contribution in [-0.4, -0.2) is 24.3 Å². The van der Waals surface area contributed by atoms with Crippen LogP contribution >= 0.6 is 0 Å². The molecule has 128 valence electrons. The molecule has 1 heterocycles. The maximum absolute atomic E-state index is 12.5. The maximum Gasteiger partial charge on any atom is 0.160 e. The van der Waals surface area contributed by atoms with Crippen LogP contribution < -0.4 is 0 Å². The minimum absolute atomic E-state index is 0.0584. The topological polar surface area (TPSA) is 20.3 Å². The molecule has 0 saturated heterocycles. The summed E-state index contributed by atoms with van der Waals surface area (Å²) < 4.78 is 0. The van der Waals surface area contributed by atoms with E-state index in [0.29, 0.717) is 5.78 Å². The smallest absolute Gasteiger partial charge is 0.160 e. The van der Waals surface area contributed by atoms with E-state index in [1.807, 2.05) is 0 Å². The molecule has 1 aliphatic rings. The second-order valence-corrected chi connectivity index (χ2v) is 7.66. The molecule has 2 heteroatoms. The van der Waals surface area contributed by atoms with Crippen LogP contribution in [-0.2, 0) is 4.79 Å². The molecule has 2 nitrogen and oxygen atoms in total. The normalized spacial score (nSPS) is 17.5. The van der Waals surface area contributed by atoms with Crippen LogP contribution in [0, 0.1) is 5.41 Å². The van der Waals surface area contributed by atoms with Crippen LogP contribution in [0.25, 0.3) is 0 Å². The predicted octanol–water partition coefficient (Wildman–Crippen LogP) is 5.72. The molecule has 0 saturated carbocycles. The Kier molecular flexibility index (Phi) is 8.82. The largest absolute Gasteiger partial charge is 0.380 e. The second-order valence-electron chi connectivity index (χ2n) is 7.66. The first-order valence-electron chi connectivity index (χ1n) is 9.43. The summed E-state index contributed by atoms with van der Waals surface area (Å²) in [7, 11) is 2.07. The van der Waals surface area contributed by atoms with Crippen molar-refractivity contribution < 1.29 is 4.79 Å². The monoisotopic (exact) mass is 307 g/mol. The van der Waals surface area contributed by atoms with Crippen LogP contribution in [0.4, 0.5) is 0 Å². The summed E-state index contributed by atoms with van der Waals surface area (Å²) in [5.41, 5.74) is 1.10. The van der Waals surface area contributed by atoms with Crippen molar-refractivity contribution in [2.75, 3.05) is 13.6 Å². The lowest BCUT2D eigenvalue weighted by molar-refractivity contribution is -0.117. The fourth-order valence-corrected chi connectivity index (χ4v) is 3.23. The zero-order valence-electron chi connectivity index (χ0n) is 15.4. The second kappa shape index (κ2) is 10.1. The van der Waals surface area contributed by atoms with Crippen molar-refractivity contribution in [3.05, 3.63) is 11.8 Å². The predicted molar refractivity (Wildman–Crippen MR) is 96.0 cm³/mol. The lowest BCUT2D eigenvalue weighted by atomic mass is 9.76. The summed E-state index contributed by atoms with van der Waals surface area (Å²) in [5, 5.41) is 0. The van der Waals surface area contributed by atoms with Gasteiger partial charge < -0.3 is 4.90 Å². The maximum atomic E-state index is 12.5. The molecule has 1 rings (SSSR count). The number of allylic oxidation sites excluding steroid dienone is 1. The van der Waals surface area contributed by atoms with Gasteiger partial charge in [-0.05, 0) is 18.3 Å². The lowest BCUT2D eigenvalue weighted by Crippen LogP contribution is -2.33. The van der Waals surface area contributed by atoms with Crippen molar-refractivity contribution in [1.29, 1.82) is 0 Å². The first-order valence-corrected chi connectivity index (χ1v) is 9.43. The molecular formula is C20H37NO. The van der Waals surface area contributed by atoms with Gasteiger partial charge in [-0.3, -0.25) is 4.79 Å². The van der Waals surface area contributed by atoms with Crippen molar-refractivity contribution in [2.45, 2.75) is 91.4 Å². The highest BCUT2D eigenvalue weighted by Crippen LogP contribution is 2.35. The third-order valence-corrected chi connectivity index (χ3v) is 4.98. The molecule has 0 aromatic rings. The van der Waals surface area contributed by atoms with E-state index in [9.17, 15) is 4.79 Å². The molecule has 0 unspecified atom stereocenters. The van der Waals surface area contributed by atoms with E-state index in [2.05, 4.69) is 38.9 Å². The molecule has 0 radical (unpaired) electrons. The fourth-order valence-electron chi connectivity index (χ4n) is 3.23. The van der Waals surface area contributed by atoms with E-state index in [1.165, 1.54) is 51.4 Å². The zero-order valence-corrected chi connectivity index (χ0v) is 15.4. The number of hydrogen-bond donors (Lipinski definition) is 0. The Bertz CT molecular complexity index is 357. The van der Waals surface area contributed by atoms with E-state index in [-0.39, 0.29) is 5.41 Å². The van der Waals surface area contributed by atoms with Gasteiger partial charge in [-0.1, -0.05) is 72.1 Å². The summed E-state index contributed by atoms with van der Waals surface area (Å²) >= 11 is 0. The number of unbranched alkanes of at least 4 members (excludes halogenated alkanes) is 8. The van der Waals surface area contributed by atoms with Gasteiger partial charge in [0, 0.05) is 31.8 Å². The summed E-state index contributed by atoms with van der Waals surface area (Å²) in [5.74, 6) is 0.375. The average Bonchev–Trinajstić information content (AvgIpc) is 2.48. The van der Waals surface area contributed by atoms with E-state index in [0.717, 1.165) is 31.4 Å². The highest BCUT2D eigenvalue weighted by atomic mass is 16.1. The van der Waals surface area contributed by atoms with Crippen molar-refractivity contribution in [2.24, 2.45) is 5.41 Å². The quantitative estimate of drug-likeness (QED) is 0.455. The van der Waals surface area contributed by atoms with E-state index in [1.54, 1.807) is 0 Å². The SMILES string of the molecule is CCCCCCCCCCCC(=O)C1=CN(C)CCC1(C)C. The number of carbonyl (C=O) groups is 1. The molecule has 0 fully saturated rings. The van der Waals surface area contributed by atoms with Gasteiger partial charge in [0.05, 0.1) is 0 Å². The number of nitrogens with zero attached hydrogens (tertiary/aromatic N) is 1. The van der Waals surface area contributed by atoms with Crippen LogP contribution in [0.2, 0.25) is 0 Å². The van der Waals surface area contributed by atoms with Crippen LogP contribution in [0.1, 0.15) is 91.4 Å². The Morgan fingerprint density at radius 1 is 1.05 bits per heavy atom. The van der Waals surface area contributed by atoms with Crippen molar-refractivity contribution in [3.63, 3.8) is 0 Å². The number of hydrogen-bond acceptors (Lipinski definition) is 2. The molecular weight excluding hydrogens is 270 g/mol. The third kappa shape index (κ3) is 6.98. The minimum atomic E-state index is 0.0584. The Morgan fingerprint density at radius 2 is 1.59 bits per heavy atom. The molecule has 1 aliphatic heterocycles. The van der Waals surface area contributed by atoms with Crippen LogP contribution in [0.3, 0.4) is 0 Å². The zero-order chi connectivity index (χ0) is 16.4. The van der Waals surface area contributed by atoms with Gasteiger partial charge >= 0.3 is 0 Å². The summed E-state index contributed by atoms with van der Waals surface area (Å²) in [6, 6.07) is 0. The van der Waals surface area contributed by atoms with E-state index in [4.69, 9.17) is 0 Å². The molecule has 0 aromatic carbocycles. The van der Waals surface area contributed by atoms with Crippen LogP contribution in [0.5, 0.6) is 0 Å². The van der Waals surface area contributed by atoms with Crippen molar-refractivity contribution >= 4 is 5.78 Å². The molecule has 22 heavy (non-hydrogen) atoms. The average molecular weight is 308 g/mol. The molecule has 0 spiro atoms. The Hall–Kier alpha value is -0.790. The van der Waals surface area contributed by atoms with Gasteiger partial charge in [0.2, 0.25) is 0 Å². The number of rotatable bonds is 11. The van der Waals surface area contributed by atoms with Crippen molar-refractivity contribution in [3.8, 4) is 0 Å². The van der Waals surface area contributed by atoms with E-state index >= 15 is 0 Å². The van der Waals surface area contributed by atoms with Gasteiger partial charge in [-0.2, -0.15) is 0 Å². The molecule has 0 N–H and O–H groups in total. The number of Topliss-reactive ketones (excluding diaryl/α,β-unsaturated/α-hetero) is 1. The summed E-state index contributed by atoms with van der Waals surface area (Å²) in [4.78, 5) is 14.6. The number of ketones is 1. The van der Waals surface area contributed by atoms with Gasteiger partial charge in [-0.25, -0.2) is 0 Å². The molecule has 0 amide bonds. The molecule has 0 aliphatic carbocycles. The van der Waals surface area contributed by atoms with Gasteiger partial charge in [0.15, 0.2) is 5.78 Å². The van der Waals surface area contributed by atoms with Gasteiger partial charge in [-0.15, -0.1) is 0 Å². The Balaban J connectivity index is 2.15. The summed E-state index contributed by atoms with van der Waals surface area (Å²) in [6.07, 6.45) is 15.7. The van der Waals surface area contributed by atoms with Crippen molar-refractivity contribution in [1.82, 2.24) is 4.90 Å². The third-order valence-electron chi connectivity index (χ3n) is 4.98. The standard InChI is InChI=1S/C20H37NO/c1-5-6-7-8-9-10-11-12-13-14-19(22)18-17-21(4)16-15-20(18,2)3/h17H,5-16H2,1-4H3. The first kappa shape index (κ1) is 19.3. The number of carbonyl (C=O) groups excluding carboxylic acids is 1. The van der Waals surface area contributed by atoms with Gasteiger partial charge in [0.1, 0.15) is 0 Å². The highest BCUT2D eigenvalue weighted by molar-refractivity contribution is 5.96. The molecule has 0 atom stereocenters. The fraction of sp³-hybridized carbons (Fsp3) is 0.850. The Labute approximate surface area is 138 Å². The Morgan fingerprint density at radius 3 is 2.18 bits per heavy atom. The van der Waals surface area contributed by atoms with Gasteiger partial charge in [0.25, 0.3) is 0 Å².